The Hall–Kier alpha value is -1.35. The zero-order valence-electron chi connectivity index (χ0n) is 10.1. The van der Waals surface area contributed by atoms with Gasteiger partial charge in [-0.05, 0) is 32.9 Å². The Bertz CT molecular complexity index is 332. The van der Waals surface area contributed by atoms with Gasteiger partial charge in [0, 0.05) is 0 Å². The first-order valence-corrected chi connectivity index (χ1v) is 5.56. The fourth-order valence-corrected chi connectivity index (χ4v) is 1.51. The maximum Gasteiger partial charge on any atom is 0.323 e. The number of hydrogen-bond acceptors (Lipinski definition) is 3. The lowest BCUT2D eigenvalue weighted by atomic mass is 10.0. The summed E-state index contributed by atoms with van der Waals surface area (Å²) in [6, 6.07) is 7.92. The highest BCUT2D eigenvalue weighted by atomic mass is 16.5. The number of benzene rings is 1. The third-order valence-electron chi connectivity index (χ3n) is 2.48. The standard InChI is InChI=1S/C13H19NO2/c1-4-16-13(15)12(14-3)9-11-7-5-10(2)6-8-11/h5-8,12,14H,4,9H2,1-3H3/t12-/m0/s1. The maximum atomic E-state index is 11.6. The fourth-order valence-electron chi connectivity index (χ4n) is 1.51. The van der Waals surface area contributed by atoms with Crippen molar-refractivity contribution >= 4 is 5.97 Å². The maximum absolute atomic E-state index is 11.6. The molecule has 0 unspecified atom stereocenters. The molecule has 1 N–H and O–H groups in total. The van der Waals surface area contributed by atoms with Crippen LogP contribution < -0.4 is 5.32 Å². The van der Waals surface area contributed by atoms with Crippen LogP contribution in [0.4, 0.5) is 0 Å². The summed E-state index contributed by atoms with van der Waals surface area (Å²) < 4.78 is 4.99. The summed E-state index contributed by atoms with van der Waals surface area (Å²) in [5.41, 5.74) is 2.36. The zero-order valence-corrected chi connectivity index (χ0v) is 10.1. The van der Waals surface area contributed by atoms with Gasteiger partial charge in [0.2, 0.25) is 0 Å². The molecule has 0 amide bonds. The van der Waals surface area contributed by atoms with Crippen molar-refractivity contribution in [1.82, 2.24) is 5.32 Å². The summed E-state index contributed by atoms with van der Waals surface area (Å²) in [5, 5.41) is 2.98. The molecule has 88 valence electrons. The number of ether oxygens (including phenoxy) is 1. The van der Waals surface area contributed by atoms with Gasteiger partial charge in [-0.3, -0.25) is 4.79 Å². The minimum atomic E-state index is -0.261. The van der Waals surface area contributed by atoms with E-state index in [0.29, 0.717) is 13.0 Å². The second kappa shape index (κ2) is 6.28. The highest BCUT2D eigenvalue weighted by Crippen LogP contribution is 2.07. The van der Waals surface area contributed by atoms with Crippen molar-refractivity contribution in [3.8, 4) is 0 Å². The van der Waals surface area contributed by atoms with E-state index in [1.807, 2.05) is 38.1 Å². The molecule has 0 saturated heterocycles. The zero-order chi connectivity index (χ0) is 12.0. The van der Waals surface area contributed by atoms with Crippen LogP contribution in [-0.4, -0.2) is 25.7 Å². The Kier molecular flexibility index (Phi) is 4.99. The number of aryl methyl sites for hydroxylation is 1. The normalized spacial score (nSPS) is 12.2. The summed E-state index contributed by atoms with van der Waals surface area (Å²) in [5.74, 6) is -0.189. The summed E-state index contributed by atoms with van der Waals surface area (Å²) in [7, 11) is 1.77. The van der Waals surface area contributed by atoms with E-state index < -0.39 is 0 Å². The van der Waals surface area contributed by atoms with Crippen LogP contribution in [0.25, 0.3) is 0 Å². The van der Waals surface area contributed by atoms with Crippen LogP contribution in [0.5, 0.6) is 0 Å². The van der Waals surface area contributed by atoms with Crippen molar-refractivity contribution in [1.29, 1.82) is 0 Å². The molecule has 0 aliphatic carbocycles. The number of nitrogens with one attached hydrogen (secondary N) is 1. The van der Waals surface area contributed by atoms with Crippen molar-refractivity contribution < 1.29 is 9.53 Å². The fraction of sp³-hybridized carbons (Fsp3) is 0.462. The predicted octanol–water partition coefficient (Wildman–Crippen LogP) is 1.69. The van der Waals surface area contributed by atoms with Gasteiger partial charge in [-0.2, -0.15) is 0 Å². The minimum Gasteiger partial charge on any atom is -0.465 e. The van der Waals surface area contributed by atoms with Gasteiger partial charge in [0.15, 0.2) is 0 Å². The predicted molar refractivity (Wildman–Crippen MR) is 64.4 cm³/mol. The molecule has 3 heteroatoms. The first kappa shape index (κ1) is 12.7. The Morgan fingerprint density at radius 3 is 2.50 bits per heavy atom. The number of carbonyl (C=O) groups is 1. The summed E-state index contributed by atoms with van der Waals surface area (Å²) >= 11 is 0. The van der Waals surface area contributed by atoms with Gasteiger partial charge in [0.05, 0.1) is 6.61 Å². The van der Waals surface area contributed by atoms with Crippen LogP contribution in [-0.2, 0) is 16.0 Å². The third-order valence-corrected chi connectivity index (χ3v) is 2.48. The SMILES string of the molecule is CCOC(=O)[C@H](Cc1ccc(C)cc1)NC. The largest absolute Gasteiger partial charge is 0.465 e. The molecule has 0 radical (unpaired) electrons. The van der Waals surface area contributed by atoms with Crippen LogP contribution in [0.1, 0.15) is 18.1 Å². The van der Waals surface area contributed by atoms with Crippen LogP contribution in [0.3, 0.4) is 0 Å². The molecular formula is C13H19NO2. The third kappa shape index (κ3) is 3.66. The van der Waals surface area contributed by atoms with E-state index in [-0.39, 0.29) is 12.0 Å². The summed E-state index contributed by atoms with van der Waals surface area (Å²) in [4.78, 5) is 11.6. The average Bonchev–Trinajstić information content (AvgIpc) is 2.28. The molecule has 0 aromatic heterocycles. The molecule has 3 nitrogen and oxygen atoms in total. The van der Waals surface area contributed by atoms with Crippen molar-refractivity contribution in [2.24, 2.45) is 0 Å². The second-order valence-corrected chi connectivity index (χ2v) is 3.78. The van der Waals surface area contributed by atoms with Crippen LogP contribution in [0.15, 0.2) is 24.3 Å². The van der Waals surface area contributed by atoms with Crippen LogP contribution in [0.2, 0.25) is 0 Å². The average molecular weight is 221 g/mol. The summed E-state index contributed by atoms with van der Waals surface area (Å²) in [6.07, 6.45) is 0.662. The Morgan fingerprint density at radius 2 is 2.00 bits per heavy atom. The van der Waals surface area contributed by atoms with Crippen LogP contribution in [0, 0.1) is 6.92 Å². The van der Waals surface area contributed by atoms with E-state index in [0.717, 1.165) is 5.56 Å². The number of carbonyl (C=O) groups excluding carboxylic acids is 1. The molecule has 0 fully saturated rings. The van der Waals surface area contributed by atoms with Gasteiger partial charge in [0.1, 0.15) is 6.04 Å². The van der Waals surface area contributed by atoms with Gasteiger partial charge in [0.25, 0.3) is 0 Å². The van der Waals surface area contributed by atoms with E-state index in [1.165, 1.54) is 5.56 Å². The minimum absolute atomic E-state index is 0.189. The van der Waals surface area contributed by atoms with Crippen LogP contribution >= 0.6 is 0 Å². The molecule has 0 aliphatic rings. The Morgan fingerprint density at radius 1 is 1.38 bits per heavy atom. The van der Waals surface area contributed by atoms with Gasteiger partial charge in [-0.1, -0.05) is 29.8 Å². The molecule has 0 heterocycles. The second-order valence-electron chi connectivity index (χ2n) is 3.78. The van der Waals surface area contributed by atoms with E-state index >= 15 is 0 Å². The Labute approximate surface area is 96.8 Å². The number of hydrogen-bond donors (Lipinski definition) is 1. The molecule has 0 aliphatic heterocycles. The molecule has 1 aromatic carbocycles. The lowest BCUT2D eigenvalue weighted by Gasteiger charge is -2.14. The molecule has 0 saturated carbocycles. The quantitative estimate of drug-likeness (QED) is 0.769. The van der Waals surface area contributed by atoms with Gasteiger partial charge >= 0.3 is 5.97 Å². The molecule has 1 aromatic rings. The topological polar surface area (TPSA) is 38.3 Å². The highest BCUT2D eigenvalue weighted by Gasteiger charge is 2.17. The number of esters is 1. The Balaban J connectivity index is 2.62. The molecule has 0 bridgehead atoms. The van der Waals surface area contributed by atoms with Crippen molar-refractivity contribution in [2.75, 3.05) is 13.7 Å². The molecular weight excluding hydrogens is 202 g/mol. The van der Waals surface area contributed by atoms with Gasteiger partial charge < -0.3 is 10.1 Å². The van der Waals surface area contributed by atoms with E-state index in [9.17, 15) is 4.79 Å². The highest BCUT2D eigenvalue weighted by molar-refractivity contribution is 5.76. The smallest absolute Gasteiger partial charge is 0.323 e. The lowest BCUT2D eigenvalue weighted by Crippen LogP contribution is -2.37. The first-order chi connectivity index (χ1) is 7.67. The van der Waals surface area contributed by atoms with Crippen molar-refractivity contribution in [3.05, 3.63) is 35.4 Å². The first-order valence-electron chi connectivity index (χ1n) is 5.56. The lowest BCUT2D eigenvalue weighted by molar-refractivity contribution is -0.145. The summed E-state index contributed by atoms with van der Waals surface area (Å²) in [6.45, 7) is 4.28. The number of likely N-dealkylation sites (N-methyl/N-ethyl adjacent to an activating group) is 1. The van der Waals surface area contributed by atoms with E-state index in [1.54, 1.807) is 7.05 Å². The molecule has 1 rings (SSSR count). The van der Waals surface area contributed by atoms with E-state index in [4.69, 9.17) is 4.74 Å². The molecule has 0 spiro atoms. The molecule has 1 atom stereocenters. The molecule has 16 heavy (non-hydrogen) atoms. The van der Waals surface area contributed by atoms with Crippen molar-refractivity contribution in [3.63, 3.8) is 0 Å². The van der Waals surface area contributed by atoms with E-state index in [2.05, 4.69) is 5.32 Å². The van der Waals surface area contributed by atoms with Gasteiger partial charge in [-0.15, -0.1) is 0 Å². The van der Waals surface area contributed by atoms with Gasteiger partial charge in [-0.25, -0.2) is 0 Å². The van der Waals surface area contributed by atoms with Crippen molar-refractivity contribution in [2.45, 2.75) is 26.3 Å². The number of rotatable bonds is 5. The monoisotopic (exact) mass is 221 g/mol.